The molecule has 11 aromatic rings. The summed E-state index contributed by atoms with van der Waals surface area (Å²) >= 11 is 11.9. The van der Waals surface area contributed by atoms with Crippen molar-refractivity contribution in [3.05, 3.63) is 242 Å². The van der Waals surface area contributed by atoms with Crippen molar-refractivity contribution in [3.63, 3.8) is 0 Å². The molecule has 2 atom stereocenters. The summed E-state index contributed by atoms with van der Waals surface area (Å²) in [6.07, 6.45) is 6.02. The van der Waals surface area contributed by atoms with Crippen LogP contribution in [0.3, 0.4) is 0 Å². The highest BCUT2D eigenvalue weighted by Crippen LogP contribution is 2.37. The van der Waals surface area contributed by atoms with E-state index in [4.69, 9.17) is 38.4 Å². The molecule has 4 aromatic heterocycles. The Morgan fingerprint density at radius 1 is 0.477 bits per heavy atom. The van der Waals surface area contributed by atoms with Gasteiger partial charge in [-0.2, -0.15) is 19.8 Å². The van der Waals surface area contributed by atoms with Gasteiger partial charge in [0.15, 0.2) is 23.3 Å². The Morgan fingerprint density at radius 2 is 0.852 bits per heavy atom. The molecule has 7 aromatic carbocycles. The smallest absolute Gasteiger partial charge is 0.264 e. The number of nitrogen functional groups attached to an aromatic ring is 1. The summed E-state index contributed by atoms with van der Waals surface area (Å²) < 4.78 is 168. The number of pyridine rings is 2. The molecule has 0 aliphatic carbocycles. The van der Waals surface area contributed by atoms with Crippen LogP contribution in [-0.2, 0) is 20.0 Å². The third-order valence-electron chi connectivity index (χ3n) is 12.5. The molecule has 2 unspecified atom stereocenters. The first-order valence-electron chi connectivity index (χ1n) is 24.5. The zero-order valence-corrected chi connectivity index (χ0v) is 51.3. The number of benzene rings is 7. The minimum atomic E-state index is -4.91. The number of anilines is 3. The van der Waals surface area contributed by atoms with Gasteiger partial charge in [0.05, 0.1) is 46.4 Å². The van der Waals surface area contributed by atoms with Crippen molar-refractivity contribution in [2.24, 2.45) is 0 Å². The van der Waals surface area contributed by atoms with Crippen LogP contribution in [0.15, 0.2) is 190 Å². The van der Waals surface area contributed by atoms with Crippen LogP contribution >= 0.6 is 43.0 Å². The van der Waals surface area contributed by atoms with E-state index in [9.17, 15) is 48.4 Å². The number of fused-ring (bicyclic) bond motifs is 2. The molecule has 0 spiro atoms. The molecule has 88 heavy (non-hydrogen) atoms. The van der Waals surface area contributed by atoms with Gasteiger partial charge in [-0.3, -0.25) is 23.4 Å². The number of hydrogen-bond donors (Lipinski definition) is 3. The molecular weight excluding hydrogens is 1280 g/mol. The van der Waals surface area contributed by atoms with E-state index in [-0.39, 0.29) is 75.5 Å². The number of ether oxygens (including phenoxy) is 2. The summed E-state index contributed by atoms with van der Waals surface area (Å²) in [5, 5.41) is 1.47. The fourth-order valence-electron chi connectivity index (χ4n) is 8.47. The van der Waals surface area contributed by atoms with Crippen molar-refractivity contribution in [2.75, 3.05) is 29.4 Å². The SMILES string of the molecule is COc1cc(-c2ccc(Cl)cc2)c(F)cc1-n1c(=O)ccc2cc(S(=O)(=O)Nc3c(F)c(F)c(F)c(F)c3F)ccc21.COc1cc(-c2ccc(Cl)cc2)c(F)cc1-n1c(=O)ccc2cc(S(=O)(=O)Nc3ncccn3)ccc21.Nc1ncccn1.P.P. The van der Waals surface area contributed by atoms with Crippen LogP contribution in [0.4, 0.5) is 48.3 Å². The molecule has 11 rings (SSSR count). The van der Waals surface area contributed by atoms with E-state index in [2.05, 4.69) is 24.7 Å². The molecule has 4 N–H and O–H groups in total. The number of nitrogens with two attached hydrogens (primary N) is 1. The van der Waals surface area contributed by atoms with E-state index < -0.39 is 82.5 Å². The zero-order valence-electron chi connectivity index (χ0n) is 45.3. The van der Waals surface area contributed by atoms with Crippen LogP contribution in [0.2, 0.25) is 10.0 Å². The van der Waals surface area contributed by atoms with Crippen LogP contribution in [0.1, 0.15) is 0 Å². The van der Waals surface area contributed by atoms with Crippen LogP contribution in [0.5, 0.6) is 11.5 Å². The lowest BCUT2D eigenvalue weighted by molar-refractivity contribution is 0.382. The van der Waals surface area contributed by atoms with Crippen LogP contribution in [-0.4, -0.2) is 60.1 Å². The first-order chi connectivity index (χ1) is 41.0. The molecule has 0 fully saturated rings. The summed E-state index contributed by atoms with van der Waals surface area (Å²) in [5.41, 5.74) is 4.33. The van der Waals surface area contributed by atoms with E-state index in [0.29, 0.717) is 38.0 Å². The minimum Gasteiger partial charge on any atom is -0.495 e. The van der Waals surface area contributed by atoms with Crippen molar-refractivity contribution >= 4 is 102 Å². The lowest BCUT2D eigenvalue weighted by atomic mass is 10.0. The average molecular weight is 1330 g/mol. The maximum Gasteiger partial charge on any atom is 0.264 e. The summed E-state index contributed by atoms with van der Waals surface area (Å²) in [4.78, 5) is 40.2. The first kappa shape index (κ1) is 66.5. The number of nitrogens with one attached hydrogen (secondary N) is 2. The van der Waals surface area contributed by atoms with Crippen LogP contribution in [0.25, 0.3) is 55.4 Å². The van der Waals surface area contributed by atoms with Gasteiger partial charge in [-0.25, -0.2) is 72.2 Å². The molecule has 0 aliphatic heterocycles. The molecule has 0 amide bonds. The van der Waals surface area contributed by atoms with Gasteiger partial charge in [0.1, 0.15) is 28.8 Å². The predicted octanol–water partition coefficient (Wildman–Crippen LogP) is 12.2. The van der Waals surface area contributed by atoms with E-state index >= 15 is 8.78 Å². The molecule has 0 bridgehead atoms. The number of aromatic nitrogens is 6. The van der Waals surface area contributed by atoms with Crippen molar-refractivity contribution in [3.8, 4) is 45.1 Å². The van der Waals surface area contributed by atoms with Crippen LogP contribution in [0, 0.1) is 40.7 Å². The Bertz CT molecular complexity index is 4760. The van der Waals surface area contributed by atoms with E-state index in [1.807, 2.05) is 0 Å². The molecule has 0 radical (unpaired) electrons. The van der Waals surface area contributed by atoms with Crippen molar-refractivity contribution < 1.29 is 57.0 Å². The summed E-state index contributed by atoms with van der Waals surface area (Å²) in [5.74, 6) is -12.6. The highest BCUT2D eigenvalue weighted by molar-refractivity contribution is 7.93. The van der Waals surface area contributed by atoms with Gasteiger partial charge in [-0.15, -0.1) is 0 Å². The third-order valence-corrected chi connectivity index (χ3v) is 15.7. The molecule has 30 heteroatoms. The number of rotatable bonds is 12. The molecular formula is C58H44Cl2F7N9O8P2S2. The Labute approximate surface area is 512 Å². The fraction of sp³-hybridized carbons (Fsp3) is 0.0345. The van der Waals surface area contributed by atoms with Gasteiger partial charge < -0.3 is 15.2 Å². The van der Waals surface area contributed by atoms with E-state index in [0.717, 1.165) is 34.9 Å². The second kappa shape index (κ2) is 27.8. The van der Waals surface area contributed by atoms with Gasteiger partial charge in [-0.1, -0.05) is 47.5 Å². The molecule has 0 saturated carbocycles. The number of methoxy groups -OCH3 is 2. The highest BCUT2D eigenvalue weighted by atomic mass is 35.5. The number of sulfonamides is 2. The van der Waals surface area contributed by atoms with Gasteiger partial charge >= 0.3 is 0 Å². The second-order valence-corrected chi connectivity index (χ2v) is 22.0. The lowest BCUT2D eigenvalue weighted by Gasteiger charge is -2.17. The molecule has 17 nitrogen and oxygen atoms in total. The quantitative estimate of drug-likeness (QED) is 0.0448. The molecule has 0 saturated heterocycles. The first-order valence-corrected chi connectivity index (χ1v) is 28.2. The van der Waals surface area contributed by atoms with Crippen molar-refractivity contribution in [2.45, 2.75) is 9.79 Å². The normalized spacial score (nSPS) is 11.0. The number of hydrogen-bond acceptors (Lipinski definition) is 13. The monoisotopic (exact) mass is 1320 g/mol. The Balaban J connectivity index is 0.000000222. The minimum absolute atomic E-state index is 0. The number of nitrogens with zero attached hydrogens (tertiary/aromatic N) is 6. The predicted molar refractivity (Wildman–Crippen MR) is 332 cm³/mol. The third kappa shape index (κ3) is 14.2. The van der Waals surface area contributed by atoms with Gasteiger partial charge in [0, 0.05) is 81.0 Å². The van der Waals surface area contributed by atoms with E-state index in [1.54, 1.807) is 73.1 Å². The van der Waals surface area contributed by atoms with Gasteiger partial charge in [-0.05, 0) is 108 Å². The molecule has 0 aliphatic rings. The Kier molecular flexibility index (Phi) is 21.0. The maximum atomic E-state index is 15.3. The molecule has 4 heterocycles. The summed E-state index contributed by atoms with van der Waals surface area (Å²) in [6, 6.07) is 33.7. The number of halogens is 9. The molecule has 454 valence electrons. The highest BCUT2D eigenvalue weighted by Gasteiger charge is 2.30. The second-order valence-electron chi connectivity index (χ2n) is 17.8. The standard InChI is InChI=1S/C28H15ClF6N2O4S.C26H18ClFN4O4S.C4H5N3.2H3P/c1-41-21-11-17(13-2-5-15(29)6-3-13)18(30)12-20(21)37-19-8-7-16(10-14(19)4-9-22(37)38)42(39,40)36-28-26(34)24(32)23(31)25(33)27(28)35;1-36-24-14-20(16-3-6-18(27)7-4-16)21(28)15-23(24)32-22-9-8-19(13-17(22)5-10-25(32)33)37(34,35)31-26-29-11-2-12-30-26;5-4-6-2-1-3-7-4;;/h2-12,36H,1H3;2-15H,1H3,(H,29,30,31);1-3H,(H2,5,6,7);2*1H3. The summed E-state index contributed by atoms with van der Waals surface area (Å²) in [6.45, 7) is 0. The summed E-state index contributed by atoms with van der Waals surface area (Å²) in [7, 11) is -6.20. The largest absolute Gasteiger partial charge is 0.495 e. The fourth-order valence-corrected chi connectivity index (χ4v) is 10.8. The topological polar surface area (TPSA) is 232 Å². The van der Waals surface area contributed by atoms with E-state index in [1.165, 1.54) is 90.5 Å². The Hall–Kier alpha value is -9.03. The maximum absolute atomic E-state index is 15.3. The zero-order chi connectivity index (χ0) is 61.8. The van der Waals surface area contributed by atoms with Crippen molar-refractivity contribution in [1.29, 1.82) is 0 Å². The van der Waals surface area contributed by atoms with Crippen LogP contribution < -0.4 is 35.8 Å². The van der Waals surface area contributed by atoms with Gasteiger partial charge in [0.25, 0.3) is 31.2 Å². The average Bonchev–Trinajstić information content (AvgIpc) is 3.55. The van der Waals surface area contributed by atoms with Gasteiger partial charge in [0.2, 0.25) is 17.7 Å². The Morgan fingerprint density at radius 3 is 1.23 bits per heavy atom. The lowest BCUT2D eigenvalue weighted by Crippen LogP contribution is -2.20. The van der Waals surface area contributed by atoms with Crippen molar-refractivity contribution in [1.82, 2.24) is 29.1 Å².